The molecule has 260 valence electrons. The summed E-state index contributed by atoms with van der Waals surface area (Å²) in [4.78, 5) is 0. The van der Waals surface area contributed by atoms with E-state index in [1.165, 1.54) is 0 Å². The van der Waals surface area contributed by atoms with Crippen LogP contribution in [-0.4, -0.2) is 89.2 Å². The minimum atomic E-state index is -2.40. The first kappa shape index (κ1) is 35.1. The molecule has 0 spiro atoms. The minimum absolute atomic E-state index is 0.0913. The number of methoxy groups -OCH3 is 1. The molecule has 47 heavy (non-hydrogen) atoms. The molecule has 0 bridgehead atoms. The molecule has 6 rings (SSSR count). The lowest BCUT2D eigenvalue weighted by atomic mass is 9.96. The van der Waals surface area contributed by atoms with Crippen LogP contribution in [0.3, 0.4) is 0 Å². The fraction of sp³-hybridized carbons (Fsp3) is 0.667. The van der Waals surface area contributed by atoms with Gasteiger partial charge in [0.05, 0.1) is 19.3 Å². The molecule has 10 nitrogen and oxygen atoms in total. The fourth-order valence-electron chi connectivity index (χ4n) is 6.48. The van der Waals surface area contributed by atoms with Gasteiger partial charge in [-0.05, 0) is 44.5 Å². The van der Waals surface area contributed by atoms with Crippen molar-refractivity contribution in [3.8, 4) is 0 Å². The number of ether oxygens (including phenoxy) is 9. The van der Waals surface area contributed by atoms with Crippen molar-refractivity contribution in [2.45, 2.75) is 140 Å². The zero-order chi connectivity index (χ0) is 33.6. The van der Waals surface area contributed by atoms with Crippen LogP contribution in [0.25, 0.3) is 0 Å². The quantitative estimate of drug-likeness (QED) is 0.291. The van der Waals surface area contributed by atoms with E-state index in [9.17, 15) is 0 Å². The topological polar surface area (TPSA) is 92.3 Å². The molecule has 2 aromatic carbocycles. The molecule has 4 fully saturated rings. The summed E-state index contributed by atoms with van der Waals surface area (Å²) in [5, 5.41) is -0.0913. The summed E-state index contributed by atoms with van der Waals surface area (Å²) in [7, 11) is -0.795. The summed E-state index contributed by atoms with van der Waals surface area (Å²) in [5.74, 6) is -0.838. The van der Waals surface area contributed by atoms with Gasteiger partial charge in [0, 0.05) is 12.7 Å². The molecule has 0 N–H and O–H groups in total. The largest absolute Gasteiger partial charge is 0.406 e. The van der Waals surface area contributed by atoms with E-state index in [0.717, 1.165) is 11.1 Å². The third-order valence-corrected chi connectivity index (χ3v) is 14.4. The standard InChI is InChI=1S/C36H52O10Si/c1-22-26(29-30(33(37-7)40-22)45-36(5,6)44-29)42-34-31(46-47(8,9)35(2,3)4)28(38-20-23-16-12-10-13-17-23)27-25(41-34)21-39-32(43-27)24-18-14-11-15-19-24/h10-19,22,25-34H,20-21H2,1-9H3/t22-,25+,26-,27+,28-,29+,30+,31-,32?,33+,34-/m0/s1. The van der Waals surface area contributed by atoms with Crippen molar-refractivity contribution in [3.63, 3.8) is 0 Å². The molecule has 0 saturated carbocycles. The van der Waals surface area contributed by atoms with Crippen molar-refractivity contribution in [1.29, 1.82) is 0 Å². The lowest BCUT2D eigenvalue weighted by Gasteiger charge is -2.53. The molecule has 4 aliphatic rings. The Labute approximate surface area is 280 Å². The van der Waals surface area contributed by atoms with Crippen molar-refractivity contribution in [1.82, 2.24) is 0 Å². The highest BCUT2D eigenvalue weighted by Gasteiger charge is 2.59. The summed E-state index contributed by atoms with van der Waals surface area (Å²) >= 11 is 0. The molecular weight excluding hydrogens is 620 g/mol. The fourth-order valence-corrected chi connectivity index (χ4v) is 7.76. The average Bonchev–Trinajstić information content (AvgIpc) is 3.37. The Morgan fingerprint density at radius 3 is 2.13 bits per heavy atom. The second kappa shape index (κ2) is 13.9. The normalized spacial score (nSPS) is 37.3. The molecule has 4 heterocycles. The predicted octanol–water partition coefficient (Wildman–Crippen LogP) is 6.10. The van der Waals surface area contributed by atoms with Crippen LogP contribution in [0.4, 0.5) is 0 Å². The van der Waals surface area contributed by atoms with Crippen LogP contribution in [0.2, 0.25) is 18.1 Å². The number of hydrogen-bond acceptors (Lipinski definition) is 10. The Morgan fingerprint density at radius 1 is 0.809 bits per heavy atom. The first-order valence-corrected chi connectivity index (χ1v) is 19.7. The third-order valence-electron chi connectivity index (χ3n) is 9.97. The number of hydrogen-bond donors (Lipinski definition) is 0. The molecule has 0 aromatic heterocycles. The van der Waals surface area contributed by atoms with E-state index in [1.807, 2.05) is 69.3 Å². The Hall–Kier alpha value is -1.74. The van der Waals surface area contributed by atoms with Crippen molar-refractivity contribution >= 4 is 8.32 Å². The van der Waals surface area contributed by atoms with E-state index < -0.39 is 81.8 Å². The highest BCUT2D eigenvalue weighted by atomic mass is 28.4. The monoisotopic (exact) mass is 672 g/mol. The van der Waals surface area contributed by atoms with E-state index in [0.29, 0.717) is 13.2 Å². The Kier molecular flexibility index (Phi) is 10.4. The molecule has 11 heteroatoms. The van der Waals surface area contributed by atoms with Crippen LogP contribution in [0.1, 0.15) is 59.0 Å². The Morgan fingerprint density at radius 2 is 1.47 bits per heavy atom. The van der Waals surface area contributed by atoms with Gasteiger partial charge in [-0.1, -0.05) is 81.4 Å². The number of rotatable bonds is 9. The minimum Gasteiger partial charge on any atom is -0.406 e. The zero-order valence-electron chi connectivity index (χ0n) is 29.1. The van der Waals surface area contributed by atoms with Gasteiger partial charge >= 0.3 is 0 Å². The number of fused-ring (bicyclic) bond motifs is 2. The van der Waals surface area contributed by atoms with Gasteiger partial charge in [-0.2, -0.15) is 0 Å². The van der Waals surface area contributed by atoms with Gasteiger partial charge in [-0.3, -0.25) is 0 Å². The van der Waals surface area contributed by atoms with Crippen LogP contribution in [0.15, 0.2) is 60.7 Å². The molecule has 4 saturated heterocycles. The summed E-state index contributed by atoms with van der Waals surface area (Å²) in [6.45, 7) is 17.5. The van der Waals surface area contributed by atoms with Gasteiger partial charge in [0.2, 0.25) is 0 Å². The van der Waals surface area contributed by atoms with Crippen LogP contribution >= 0.6 is 0 Å². The smallest absolute Gasteiger partial charge is 0.192 e. The highest BCUT2D eigenvalue weighted by Crippen LogP contribution is 2.45. The van der Waals surface area contributed by atoms with Crippen molar-refractivity contribution in [3.05, 3.63) is 71.8 Å². The van der Waals surface area contributed by atoms with E-state index in [2.05, 4.69) is 46.0 Å². The van der Waals surface area contributed by atoms with E-state index in [-0.39, 0.29) is 5.04 Å². The number of benzene rings is 2. The maximum absolute atomic E-state index is 7.22. The molecule has 0 radical (unpaired) electrons. The Balaban J connectivity index is 1.35. The summed E-state index contributed by atoms with van der Waals surface area (Å²) in [6, 6.07) is 20.1. The van der Waals surface area contributed by atoms with Crippen molar-refractivity contribution in [2.24, 2.45) is 0 Å². The summed E-state index contributed by atoms with van der Waals surface area (Å²) in [5.41, 5.74) is 1.98. The molecule has 0 aliphatic carbocycles. The average molecular weight is 673 g/mol. The van der Waals surface area contributed by atoms with Gasteiger partial charge in [-0.15, -0.1) is 0 Å². The first-order chi connectivity index (χ1) is 22.3. The second-order valence-electron chi connectivity index (χ2n) is 14.9. The first-order valence-electron chi connectivity index (χ1n) is 16.8. The summed E-state index contributed by atoms with van der Waals surface area (Å²) in [6.07, 6.45) is -6.00. The van der Waals surface area contributed by atoms with Crippen molar-refractivity contribution < 1.29 is 47.1 Å². The Bertz CT molecular complexity index is 1300. The third kappa shape index (κ3) is 7.56. The van der Waals surface area contributed by atoms with E-state index >= 15 is 0 Å². The molecule has 11 atom stereocenters. The lowest BCUT2D eigenvalue weighted by molar-refractivity contribution is -0.381. The van der Waals surface area contributed by atoms with Gasteiger partial charge in [-0.25, -0.2) is 0 Å². The maximum atomic E-state index is 7.22. The SMILES string of the molecule is CO[C@@H]1O[C@@H](C)[C@H](O[C@@H]2O[C@@H]3COC(c4ccccc4)O[C@H]3[C@H](OCc3ccccc3)[C@@H]2O[Si](C)(C)C(C)(C)C)[C@H]2OC(C)(C)O[C@@H]12. The molecule has 1 unspecified atom stereocenters. The molecular formula is C36H52O10Si. The molecule has 0 amide bonds. The predicted molar refractivity (Wildman–Crippen MR) is 176 cm³/mol. The molecule has 4 aliphatic heterocycles. The maximum Gasteiger partial charge on any atom is 0.192 e. The lowest BCUT2D eigenvalue weighted by Crippen LogP contribution is -2.67. The van der Waals surface area contributed by atoms with Crippen LogP contribution < -0.4 is 0 Å². The van der Waals surface area contributed by atoms with E-state index in [1.54, 1.807) is 7.11 Å². The zero-order valence-corrected chi connectivity index (χ0v) is 30.1. The van der Waals surface area contributed by atoms with Crippen molar-refractivity contribution in [2.75, 3.05) is 13.7 Å². The van der Waals surface area contributed by atoms with Gasteiger partial charge in [0.1, 0.15) is 42.7 Å². The van der Waals surface area contributed by atoms with Gasteiger partial charge < -0.3 is 47.1 Å². The van der Waals surface area contributed by atoms with Crippen LogP contribution in [-0.2, 0) is 53.7 Å². The van der Waals surface area contributed by atoms with Gasteiger partial charge in [0.15, 0.2) is 33.0 Å². The van der Waals surface area contributed by atoms with Crippen LogP contribution in [0, 0.1) is 0 Å². The van der Waals surface area contributed by atoms with Crippen LogP contribution in [0.5, 0.6) is 0 Å². The van der Waals surface area contributed by atoms with Gasteiger partial charge in [0.25, 0.3) is 0 Å². The summed E-state index contributed by atoms with van der Waals surface area (Å²) < 4.78 is 65.4. The molecule has 2 aromatic rings. The highest BCUT2D eigenvalue weighted by molar-refractivity contribution is 6.74. The second-order valence-corrected chi connectivity index (χ2v) is 19.7. The van der Waals surface area contributed by atoms with E-state index in [4.69, 9.17) is 47.1 Å².